The summed E-state index contributed by atoms with van der Waals surface area (Å²) in [5.41, 5.74) is 0.690. The van der Waals surface area contributed by atoms with Gasteiger partial charge < -0.3 is 10.4 Å². The van der Waals surface area contributed by atoms with Crippen LogP contribution in [-0.4, -0.2) is 23.5 Å². The molecule has 0 fully saturated rings. The topological polar surface area (TPSA) is 66.4 Å². The first-order valence-electron chi connectivity index (χ1n) is 7.64. The third-order valence-corrected chi connectivity index (χ3v) is 4.35. The van der Waals surface area contributed by atoms with Gasteiger partial charge in [0.2, 0.25) is 5.91 Å². The summed E-state index contributed by atoms with van der Waals surface area (Å²) in [5.74, 6) is -1.98. The average Bonchev–Trinajstić information content (AvgIpc) is 2.56. The quantitative estimate of drug-likeness (QED) is 0.840. The fraction of sp³-hybridized carbons (Fsp3) is 0.263. The summed E-state index contributed by atoms with van der Waals surface area (Å²) in [6, 6.07) is 15.9. The molecule has 0 radical (unpaired) electrons. The Hall–Kier alpha value is -2.33. The molecule has 1 unspecified atom stereocenters. The van der Waals surface area contributed by atoms with E-state index in [0.717, 1.165) is 5.56 Å². The number of rotatable bonds is 6. The van der Waals surface area contributed by atoms with E-state index in [0.29, 0.717) is 10.6 Å². The van der Waals surface area contributed by atoms with E-state index in [4.69, 9.17) is 11.6 Å². The molecule has 0 bridgehead atoms. The number of carboxylic acids is 1. The van der Waals surface area contributed by atoms with Crippen LogP contribution in [0.25, 0.3) is 0 Å². The molecule has 1 atom stereocenters. The molecule has 0 aromatic heterocycles. The highest BCUT2D eigenvalue weighted by Crippen LogP contribution is 2.25. The molecule has 2 aromatic rings. The number of nitrogens with one attached hydrogen (secondary N) is 1. The van der Waals surface area contributed by atoms with Crippen LogP contribution in [0.3, 0.4) is 0 Å². The third-order valence-electron chi connectivity index (χ3n) is 4.10. The Morgan fingerprint density at radius 1 is 1.08 bits per heavy atom. The monoisotopic (exact) mass is 345 g/mol. The smallest absolute Gasteiger partial charge is 0.312 e. The Morgan fingerprint density at radius 2 is 1.67 bits per heavy atom. The van der Waals surface area contributed by atoms with E-state index < -0.39 is 17.3 Å². The minimum absolute atomic E-state index is 0.0369. The number of benzene rings is 2. The summed E-state index contributed by atoms with van der Waals surface area (Å²) in [7, 11) is 0. The van der Waals surface area contributed by atoms with Crippen molar-refractivity contribution < 1.29 is 14.7 Å². The summed E-state index contributed by atoms with van der Waals surface area (Å²) in [6.45, 7) is 3.63. The van der Waals surface area contributed by atoms with Crippen LogP contribution < -0.4 is 5.32 Å². The summed E-state index contributed by atoms with van der Waals surface area (Å²) in [5, 5.41) is 12.8. The minimum Gasteiger partial charge on any atom is -0.481 e. The molecular formula is C19H20ClNO3. The fourth-order valence-corrected chi connectivity index (χ4v) is 2.57. The molecule has 5 heteroatoms. The molecule has 24 heavy (non-hydrogen) atoms. The van der Waals surface area contributed by atoms with Crippen LogP contribution in [0.15, 0.2) is 54.6 Å². The molecular weight excluding hydrogens is 326 g/mol. The number of amides is 1. The molecule has 0 aliphatic heterocycles. The summed E-state index contributed by atoms with van der Waals surface area (Å²) >= 11 is 5.88. The van der Waals surface area contributed by atoms with Gasteiger partial charge in [-0.1, -0.05) is 54.1 Å². The second kappa shape index (κ2) is 7.49. The molecule has 1 amide bonds. The number of hydrogen-bond acceptors (Lipinski definition) is 2. The number of hydrogen-bond donors (Lipinski definition) is 2. The van der Waals surface area contributed by atoms with E-state index in [2.05, 4.69) is 5.32 Å². The average molecular weight is 346 g/mol. The van der Waals surface area contributed by atoms with E-state index in [1.165, 1.54) is 0 Å². The van der Waals surface area contributed by atoms with Crippen molar-refractivity contribution in [3.8, 4) is 0 Å². The normalized spacial score (nSPS) is 12.5. The lowest BCUT2D eigenvalue weighted by Crippen LogP contribution is -2.42. The Labute approximate surface area is 146 Å². The maximum absolute atomic E-state index is 12.6. The Kier molecular flexibility index (Phi) is 5.62. The predicted molar refractivity (Wildman–Crippen MR) is 94.3 cm³/mol. The largest absolute Gasteiger partial charge is 0.481 e. The molecule has 2 N–H and O–H groups in total. The number of aliphatic carboxylic acids is 1. The summed E-state index contributed by atoms with van der Waals surface area (Å²) < 4.78 is 0. The maximum Gasteiger partial charge on any atom is 0.312 e. The first-order chi connectivity index (χ1) is 11.3. The lowest BCUT2D eigenvalue weighted by molar-refractivity contribution is -0.138. The van der Waals surface area contributed by atoms with Gasteiger partial charge in [0.05, 0.1) is 11.3 Å². The Morgan fingerprint density at radius 3 is 2.21 bits per heavy atom. The van der Waals surface area contributed by atoms with E-state index in [9.17, 15) is 14.7 Å². The maximum atomic E-state index is 12.6. The van der Waals surface area contributed by atoms with Gasteiger partial charge in [0.15, 0.2) is 0 Å². The van der Waals surface area contributed by atoms with Crippen molar-refractivity contribution >= 4 is 23.5 Å². The van der Waals surface area contributed by atoms with E-state index in [1.54, 1.807) is 62.4 Å². The molecule has 2 rings (SSSR count). The van der Waals surface area contributed by atoms with Crippen molar-refractivity contribution in [1.29, 1.82) is 0 Å². The highest BCUT2D eigenvalue weighted by Gasteiger charge is 2.31. The molecule has 0 spiro atoms. The van der Waals surface area contributed by atoms with Gasteiger partial charge in [0.1, 0.15) is 0 Å². The van der Waals surface area contributed by atoms with Gasteiger partial charge in [-0.15, -0.1) is 0 Å². The number of halogens is 1. The standard InChI is InChI=1S/C19H20ClNO3/c1-19(2,14-8-10-15(20)11-9-14)18(24)21-12-16(17(22)23)13-6-4-3-5-7-13/h3-11,16H,12H2,1-2H3,(H,21,24)(H,22,23). The summed E-state index contributed by atoms with van der Waals surface area (Å²) in [4.78, 5) is 24.1. The summed E-state index contributed by atoms with van der Waals surface area (Å²) in [6.07, 6.45) is 0. The van der Waals surface area contributed by atoms with Gasteiger partial charge in [0, 0.05) is 11.6 Å². The van der Waals surface area contributed by atoms with Crippen LogP contribution in [-0.2, 0) is 15.0 Å². The predicted octanol–water partition coefficient (Wildman–Crippen LogP) is 3.60. The lowest BCUT2D eigenvalue weighted by atomic mass is 9.83. The van der Waals surface area contributed by atoms with Gasteiger partial charge >= 0.3 is 5.97 Å². The minimum atomic E-state index is -0.967. The number of carboxylic acid groups (broad SMARTS) is 1. The van der Waals surface area contributed by atoms with Crippen molar-refractivity contribution in [2.24, 2.45) is 0 Å². The van der Waals surface area contributed by atoms with Crippen LogP contribution in [0.1, 0.15) is 30.9 Å². The highest BCUT2D eigenvalue weighted by molar-refractivity contribution is 6.30. The fourth-order valence-electron chi connectivity index (χ4n) is 2.45. The molecule has 0 saturated heterocycles. The van der Waals surface area contributed by atoms with Crippen LogP contribution in [0.4, 0.5) is 0 Å². The third kappa shape index (κ3) is 4.15. The molecule has 0 saturated carbocycles. The SMILES string of the molecule is CC(C)(C(=O)NCC(C(=O)O)c1ccccc1)c1ccc(Cl)cc1. The van der Waals surface area contributed by atoms with Gasteiger partial charge in [-0.3, -0.25) is 9.59 Å². The Bertz CT molecular complexity index is 711. The molecule has 4 nitrogen and oxygen atoms in total. The van der Waals surface area contributed by atoms with Crippen LogP contribution in [0, 0.1) is 0 Å². The van der Waals surface area contributed by atoms with Gasteiger partial charge in [-0.2, -0.15) is 0 Å². The molecule has 0 aliphatic rings. The highest BCUT2D eigenvalue weighted by atomic mass is 35.5. The van der Waals surface area contributed by atoms with Crippen molar-refractivity contribution in [3.05, 3.63) is 70.7 Å². The van der Waals surface area contributed by atoms with E-state index >= 15 is 0 Å². The number of carbonyl (C=O) groups excluding carboxylic acids is 1. The Balaban J connectivity index is 2.10. The number of carbonyl (C=O) groups is 2. The first kappa shape index (κ1) is 18.0. The zero-order chi connectivity index (χ0) is 17.7. The van der Waals surface area contributed by atoms with Gasteiger partial charge in [-0.25, -0.2) is 0 Å². The van der Waals surface area contributed by atoms with Crippen molar-refractivity contribution in [2.75, 3.05) is 6.54 Å². The van der Waals surface area contributed by atoms with Crippen LogP contribution in [0.5, 0.6) is 0 Å². The molecule has 0 heterocycles. The van der Waals surface area contributed by atoms with Gasteiger partial charge in [-0.05, 0) is 37.1 Å². The van der Waals surface area contributed by atoms with Crippen molar-refractivity contribution in [3.63, 3.8) is 0 Å². The van der Waals surface area contributed by atoms with E-state index in [-0.39, 0.29) is 12.5 Å². The van der Waals surface area contributed by atoms with Crippen molar-refractivity contribution in [2.45, 2.75) is 25.2 Å². The van der Waals surface area contributed by atoms with Crippen LogP contribution in [0.2, 0.25) is 5.02 Å². The zero-order valence-electron chi connectivity index (χ0n) is 13.6. The zero-order valence-corrected chi connectivity index (χ0v) is 14.4. The first-order valence-corrected chi connectivity index (χ1v) is 8.02. The van der Waals surface area contributed by atoms with Gasteiger partial charge in [0.25, 0.3) is 0 Å². The second-order valence-corrected chi connectivity index (χ2v) is 6.58. The second-order valence-electron chi connectivity index (χ2n) is 6.14. The van der Waals surface area contributed by atoms with E-state index in [1.807, 2.05) is 6.07 Å². The molecule has 2 aromatic carbocycles. The van der Waals surface area contributed by atoms with Crippen LogP contribution >= 0.6 is 11.6 Å². The van der Waals surface area contributed by atoms with Crippen molar-refractivity contribution in [1.82, 2.24) is 5.32 Å². The molecule has 0 aliphatic carbocycles. The molecule has 126 valence electrons. The lowest BCUT2D eigenvalue weighted by Gasteiger charge is -2.25.